The van der Waals surface area contributed by atoms with Crippen LogP contribution in [0.4, 0.5) is 0 Å². The minimum absolute atomic E-state index is 0. The van der Waals surface area contributed by atoms with Crippen molar-refractivity contribution in [2.45, 2.75) is 24.1 Å². The van der Waals surface area contributed by atoms with E-state index in [1.54, 1.807) is 13.1 Å². The Kier molecular flexibility index (Phi) is 6.89. The van der Waals surface area contributed by atoms with Crippen LogP contribution in [0.5, 0.6) is 0 Å². The molecule has 1 N–H and O–H groups in total. The molecule has 8 heteroatoms. The van der Waals surface area contributed by atoms with Crippen molar-refractivity contribution in [2.75, 3.05) is 26.4 Å². The van der Waals surface area contributed by atoms with Crippen LogP contribution in [0.25, 0.3) is 0 Å². The summed E-state index contributed by atoms with van der Waals surface area (Å²) in [5.41, 5.74) is 0.803. The first-order chi connectivity index (χ1) is 10.3. The summed E-state index contributed by atoms with van der Waals surface area (Å²) in [4.78, 5) is 14.3. The molecular formula is C15H22Cl2N2O3S. The van der Waals surface area contributed by atoms with Crippen molar-refractivity contribution in [3.8, 4) is 0 Å². The molecule has 0 aliphatic carbocycles. The van der Waals surface area contributed by atoms with E-state index in [1.807, 2.05) is 18.2 Å². The van der Waals surface area contributed by atoms with Crippen LogP contribution in [-0.4, -0.2) is 50.4 Å². The van der Waals surface area contributed by atoms with Crippen LogP contribution in [-0.2, 0) is 21.2 Å². The van der Waals surface area contributed by atoms with Crippen molar-refractivity contribution in [3.05, 3.63) is 34.9 Å². The van der Waals surface area contributed by atoms with Crippen molar-refractivity contribution in [1.29, 1.82) is 0 Å². The molecule has 1 heterocycles. The second-order valence-electron chi connectivity index (χ2n) is 5.77. The maximum atomic E-state index is 12.9. The van der Waals surface area contributed by atoms with Crippen LogP contribution in [0.1, 0.15) is 18.4 Å². The van der Waals surface area contributed by atoms with E-state index in [0.29, 0.717) is 37.5 Å². The van der Waals surface area contributed by atoms with Gasteiger partial charge in [0, 0.05) is 24.9 Å². The number of hydrogen-bond acceptors (Lipinski definition) is 4. The van der Waals surface area contributed by atoms with Gasteiger partial charge in [0.15, 0.2) is 14.6 Å². The summed E-state index contributed by atoms with van der Waals surface area (Å²) in [5, 5.41) is 3.68. The van der Waals surface area contributed by atoms with Gasteiger partial charge in [-0.3, -0.25) is 4.79 Å². The van der Waals surface area contributed by atoms with Crippen LogP contribution < -0.4 is 5.32 Å². The van der Waals surface area contributed by atoms with Crippen LogP contribution in [0, 0.1) is 0 Å². The van der Waals surface area contributed by atoms with E-state index in [0.717, 1.165) is 11.8 Å². The monoisotopic (exact) mass is 380 g/mol. The molecule has 1 aromatic carbocycles. The average Bonchev–Trinajstić information content (AvgIpc) is 2.48. The lowest BCUT2D eigenvalue weighted by Gasteiger charge is -2.37. The highest BCUT2D eigenvalue weighted by atomic mass is 35.5. The Balaban J connectivity index is 0.00000264. The van der Waals surface area contributed by atoms with Gasteiger partial charge in [0.2, 0.25) is 5.91 Å². The molecule has 0 saturated carbocycles. The van der Waals surface area contributed by atoms with E-state index in [1.165, 1.54) is 4.90 Å². The Morgan fingerprint density at radius 1 is 1.30 bits per heavy atom. The first kappa shape index (κ1) is 20.2. The fourth-order valence-electron chi connectivity index (χ4n) is 2.88. The lowest BCUT2D eigenvalue weighted by atomic mass is 9.95. The highest BCUT2D eigenvalue weighted by Gasteiger charge is 2.49. The highest BCUT2D eigenvalue weighted by molar-refractivity contribution is 7.92. The smallest absolute Gasteiger partial charge is 0.244 e. The third kappa shape index (κ3) is 4.18. The van der Waals surface area contributed by atoms with Gasteiger partial charge in [0.25, 0.3) is 0 Å². The van der Waals surface area contributed by atoms with E-state index < -0.39 is 14.6 Å². The van der Waals surface area contributed by atoms with E-state index >= 15 is 0 Å². The number of rotatable bonds is 4. The largest absolute Gasteiger partial charge is 0.340 e. The molecule has 2 rings (SSSR count). The topological polar surface area (TPSA) is 66.5 Å². The zero-order chi connectivity index (χ0) is 16.4. The molecule has 23 heavy (non-hydrogen) atoms. The van der Waals surface area contributed by atoms with Crippen molar-refractivity contribution in [2.24, 2.45) is 0 Å². The Morgan fingerprint density at radius 2 is 1.87 bits per heavy atom. The Bertz CT molecular complexity index is 658. The third-order valence-electron chi connectivity index (χ3n) is 4.22. The lowest BCUT2D eigenvalue weighted by molar-refractivity contribution is -0.134. The quantitative estimate of drug-likeness (QED) is 0.865. The minimum Gasteiger partial charge on any atom is -0.340 e. The van der Waals surface area contributed by atoms with Gasteiger partial charge in [-0.1, -0.05) is 29.8 Å². The summed E-state index contributed by atoms with van der Waals surface area (Å²) >= 11 is 6.12. The van der Waals surface area contributed by atoms with Crippen LogP contribution in [0.2, 0.25) is 5.02 Å². The van der Waals surface area contributed by atoms with Crippen molar-refractivity contribution >= 4 is 39.8 Å². The number of hydrogen-bond donors (Lipinski definition) is 1. The first-order valence-electron chi connectivity index (χ1n) is 7.17. The van der Waals surface area contributed by atoms with E-state index in [9.17, 15) is 13.2 Å². The molecule has 0 aromatic heterocycles. The number of nitrogens with zero attached hydrogens (tertiary/aromatic N) is 1. The zero-order valence-electron chi connectivity index (χ0n) is 13.2. The lowest BCUT2D eigenvalue weighted by Crippen LogP contribution is -2.57. The van der Waals surface area contributed by atoms with Crippen molar-refractivity contribution in [1.82, 2.24) is 10.2 Å². The molecule has 0 radical (unpaired) electrons. The number of piperidine rings is 1. The third-order valence-corrected chi connectivity index (χ3v) is 6.59. The van der Waals surface area contributed by atoms with Gasteiger partial charge >= 0.3 is 0 Å². The molecule has 0 atom stereocenters. The SMILES string of the molecule is CN(Cc1ccccc1Cl)C(=O)C1(S(C)(=O)=O)CCNCC1.Cl. The number of nitrogens with one attached hydrogen (secondary N) is 1. The number of sulfone groups is 1. The predicted octanol–water partition coefficient (Wildman–Crippen LogP) is 1.89. The van der Waals surface area contributed by atoms with Gasteiger partial charge in [0.05, 0.1) is 0 Å². The molecule has 0 bridgehead atoms. The second kappa shape index (κ2) is 7.83. The number of halogens is 2. The average molecular weight is 381 g/mol. The number of carbonyl (C=O) groups excluding carboxylic acids is 1. The number of amides is 1. The number of carbonyl (C=O) groups is 1. The summed E-state index contributed by atoms with van der Waals surface area (Å²) in [6, 6.07) is 7.25. The van der Waals surface area contributed by atoms with Crippen LogP contribution in [0.15, 0.2) is 24.3 Å². The highest BCUT2D eigenvalue weighted by Crippen LogP contribution is 2.30. The molecule has 1 aromatic rings. The predicted molar refractivity (Wildman–Crippen MR) is 94.9 cm³/mol. The summed E-state index contributed by atoms with van der Waals surface area (Å²) in [6.45, 7) is 1.35. The standard InChI is InChI=1S/C15H21ClN2O3S.ClH/c1-18(11-12-5-3-4-6-13(12)16)14(19)15(22(2,20)21)7-9-17-10-8-15;/h3-6,17H,7-11H2,1-2H3;1H. The second-order valence-corrected chi connectivity index (χ2v) is 8.50. The summed E-state index contributed by atoms with van der Waals surface area (Å²) in [7, 11) is -1.87. The van der Waals surface area contributed by atoms with E-state index in [4.69, 9.17) is 11.6 Å². The maximum Gasteiger partial charge on any atom is 0.244 e. The molecule has 0 unspecified atom stereocenters. The summed E-state index contributed by atoms with van der Waals surface area (Å²) < 4.78 is 23.2. The van der Waals surface area contributed by atoms with Gasteiger partial charge in [-0.05, 0) is 37.6 Å². The minimum atomic E-state index is -3.50. The zero-order valence-corrected chi connectivity index (χ0v) is 15.6. The molecule has 1 aliphatic rings. The van der Waals surface area contributed by atoms with Gasteiger partial charge < -0.3 is 10.2 Å². The molecule has 1 aliphatic heterocycles. The van der Waals surface area contributed by atoms with Gasteiger partial charge in [-0.15, -0.1) is 12.4 Å². The number of benzene rings is 1. The molecule has 0 spiro atoms. The van der Waals surface area contributed by atoms with Gasteiger partial charge in [0.1, 0.15) is 0 Å². The molecule has 130 valence electrons. The van der Waals surface area contributed by atoms with E-state index in [2.05, 4.69) is 5.32 Å². The summed E-state index contributed by atoms with van der Waals surface area (Å²) in [6.07, 6.45) is 1.76. The molecular weight excluding hydrogens is 359 g/mol. The molecule has 5 nitrogen and oxygen atoms in total. The molecule has 1 fully saturated rings. The van der Waals surface area contributed by atoms with Crippen molar-refractivity contribution in [3.63, 3.8) is 0 Å². The van der Waals surface area contributed by atoms with E-state index in [-0.39, 0.29) is 18.3 Å². The Hall–Kier alpha value is -0.820. The summed E-state index contributed by atoms with van der Waals surface area (Å²) in [5.74, 6) is -0.351. The molecule has 1 saturated heterocycles. The fraction of sp³-hybridized carbons (Fsp3) is 0.533. The van der Waals surface area contributed by atoms with Gasteiger partial charge in [-0.25, -0.2) is 8.42 Å². The van der Waals surface area contributed by atoms with Crippen molar-refractivity contribution < 1.29 is 13.2 Å². The Morgan fingerprint density at radius 3 is 2.39 bits per heavy atom. The first-order valence-corrected chi connectivity index (χ1v) is 9.44. The molecule has 1 amide bonds. The Labute approximate surface area is 148 Å². The van der Waals surface area contributed by atoms with Gasteiger partial charge in [-0.2, -0.15) is 0 Å². The fourth-order valence-corrected chi connectivity index (χ4v) is 4.49. The maximum absolute atomic E-state index is 12.9. The van der Waals surface area contributed by atoms with Crippen LogP contribution in [0.3, 0.4) is 0 Å². The van der Waals surface area contributed by atoms with Crippen LogP contribution >= 0.6 is 24.0 Å². The normalized spacial score (nSPS) is 17.2.